The minimum absolute atomic E-state index is 0.0538. The lowest BCUT2D eigenvalue weighted by Gasteiger charge is -2.20. The standard InChI is InChI=1S/C23H21ClN4O2S2/c1-2-3-20-27-28-21(25)19(22(29)26-23(28)32-20)14-15-4-8-17(9-5-15)30-12-13-31-18-10-6-16(24)7-11-18/h4-11,14,25H,2-3,12-13H2,1H3/b19-14-,25-21?. The van der Waals surface area contributed by atoms with E-state index in [9.17, 15) is 4.79 Å². The summed E-state index contributed by atoms with van der Waals surface area (Å²) in [5.74, 6) is 1.20. The van der Waals surface area contributed by atoms with E-state index in [-0.39, 0.29) is 11.4 Å². The molecule has 0 bridgehead atoms. The maximum Gasteiger partial charge on any atom is 0.283 e. The number of fused-ring (bicyclic) bond motifs is 1. The minimum atomic E-state index is -0.416. The molecule has 0 aromatic heterocycles. The zero-order valence-corrected chi connectivity index (χ0v) is 19.8. The number of thioether (sulfide) groups is 2. The fourth-order valence-electron chi connectivity index (χ4n) is 3.02. The van der Waals surface area contributed by atoms with Crippen molar-refractivity contribution in [2.75, 3.05) is 12.4 Å². The Kier molecular flexibility index (Phi) is 7.34. The molecule has 0 spiro atoms. The van der Waals surface area contributed by atoms with E-state index in [1.165, 1.54) is 16.8 Å². The number of amidine groups is 2. The molecule has 1 amide bonds. The molecule has 6 nitrogen and oxygen atoms in total. The van der Waals surface area contributed by atoms with E-state index in [2.05, 4.69) is 17.0 Å². The Morgan fingerprint density at radius 3 is 2.66 bits per heavy atom. The number of hydrazone groups is 1. The predicted octanol–water partition coefficient (Wildman–Crippen LogP) is 5.93. The van der Waals surface area contributed by atoms with Crippen molar-refractivity contribution in [3.63, 3.8) is 0 Å². The van der Waals surface area contributed by atoms with Crippen molar-refractivity contribution >= 4 is 63.2 Å². The van der Waals surface area contributed by atoms with E-state index < -0.39 is 5.91 Å². The van der Waals surface area contributed by atoms with Crippen LogP contribution >= 0.6 is 35.1 Å². The minimum Gasteiger partial charge on any atom is -0.493 e. The molecule has 9 heteroatoms. The monoisotopic (exact) mass is 484 g/mol. The van der Waals surface area contributed by atoms with Crippen molar-refractivity contribution in [2.45, 2.75) is 24.7 Å². The number of aliphatic imine (C=N–C) groups is 1. The number of hydrogen-bond acceptors (Lipinski definition) is 6. The summed E-state index contributed by atoms with van der Waals surface area (Å²) in [6.45, 7) is 2.63. The molecular formula is C23H21ClN4O2S2. The van der Waals surface area contributed by atoms with Gasteiger partial charge in [0, 0.05) is 15.7 Å². The number of carbonyl (C=O) groups is 1. The first-order valence-electron chi connectivity index (χ1n) is 10.1. The quantitative estimate of drug-likeness (QED) is 0.285. The van der Waals surface area contributed by atoms with Gasteiger partial charge in [-0.25, -0.2) is 0 Å². The highest BCUT2D eigenvalue weighted by molar-refractivity contribution is 8.26. The summed E-state index contributed by atoms with van der Waals surface area (Å²) in [4.78, 5) is 17.7. The van der Waals surface area contributed by atoms with Crippen LogP contribution in [0.25, 0.3) is 6.08 Å². The number of rotatable bonds is 8. The number of amides is 1. The van der Waals surface area contributed by atoms with Crippen LogP contribution in [0.2, 0.25) is 5.02 Å². The molecule has 0 saturated heterocycles. The summed E-state index contributed by atoms with van der Waals surface area (Å²) in [5.41, 5.74) is 1.02. The Hall–Kier alpha value is -2.55. The number of nitrogens with zero attached hydrogens (tertiary/aromatic N) is 3. The van der Waals surface area contributed by atoms with Gasteiger partial charge in [-0.15, -0.1) is 11.8 Å². The van der Waals surface area contributed by atoms with Crippen molar-refractivity contribution in [1.29, 1.82) is 5.41 Å². The summed E-state index contributed by atoms with van der Waals surface area (Å²) >= 11 is 8.96. The number of hydrogen-bond donors (Lipinski definition) is 1. The van der Waals surface area contributed by atoms with E-state index >= 15 is 0 Å². The maximum atomic E-state index is 12.5. The number of halogens is 1. The highest BCUT2D eigenvalue weighted by Gasteiger charge is 2.35. The van der Waals surface area contributed by atoms with Crippen LogP contribution in [0.15, 0.2) is 69.1 Å². The van der Waals surface area contributed by atoms with E-state index in [4.69, 9.17) is 21.7 Å². The molecule has 0 unspecified atom stereocenters. The number of nitrogens with one attached hydrogen (secondary N) is 1. The first kappa shape index (κ1) is 22.6. The third-order valence-electron chi connectivity index (χ3n) is 4.59. The van der Waals surface area contributed by atoms with Crippen LogP contribution in [-0.2, 0) is 4.79 Å². The summed E-state index contributed by atoms with van der Waals surface area (Å²) in [6.07, 6.45) is 3.43. The number of carbonyl (C=O) groups excluding carboxylic acids is 1. The second-order valence-corrected chi connectivity index (χ2v) is 9.63. The van der Waals surface area contributed by atoms with Gasteiger partial charge in [0.25, 0.3) is 5.91 Å². The van der Waals surface area contributed by atoms with Crippen LogP contribution in [-0.4, -0.2) is 39.3 Å². The normalized spacial score (nSPS) is 16.8. The molecule has 2 aromatic carbocycles. The van der Waals surface area contributed by atoms with Gasteiger partial charge in [0.05, 0.1) is 12.2 Å². The van der Waals surface area contributed by atoms with E-state index in [0.717, 1.165) is 44.9 Å². The van der Waals surface area contributed by atoms with Crippen molar-refractivity contribution in [1.82, 2.24) is 5.01 Å². The molecule has 32 heavy (non-hydrogen) atoms. The van der Waals surface area contributed by atoms with Crippen LogP contribution in [0.1, 0.15) is 25.3 Å². The van der Waals surface area contributed by atoms with Gasteiger partial charge in [-0.1, -0.05) is 30.7 Å². The molecule has 0 fully saturated rings. The molecule has 0 aliphatic carbocycles. The summed E-state index contributed by atoms with van der Waals surface area (Å²) in [5, 5.41) is 16.3. The Morgan fingerprint density at radius 1 is 1.19 bits per heavy atom. The molecule has 164 valence electrons. The van der Waals surface area contributed by atoms with Gasteiger partial charge >= 0.3 is 0 Å². The summed E-state index contributed by atoms with van der Waals surface area (Å²) in [6, 6.07) is 15.2. The lowest BCUT2D eigenvalue weighted by molar-refractivity contribution is -0.114. The zero-order chi connectivity index (χ0) is 22.5. The lowest BCUT2D eigenvalue weighted by atomic mass is 10.1. The van der Waals surface area contributed by atoms with E-state index in [1.807, 2.05) is 48.5 Å². The van der Waals surface area contributed by atoms with Gasteiger partial charge in [0.1, 0.15) is 10.8 Å². The molecule has 2 aromatic rings. The van der Waals surface area contributed by atoms with E-state index in [1.54, 1.807) is 17.8 Å². The number of ether oxygens (including phenoxy) is 1. The smallest absolute Gasteiger partial charge is 0.283 e. The SMILES string of the molecule is CCCC1=NN2C(=N)/C(=C/c3ccc(OCCSc4ccc(Cl)cc4)cc3)C(=O)N=C2S1. The average Bonchev–Trinajstić information content (AvgIpc) is 3.19. The van der Waals surface area contributed by atoms with Gasteiger partial charge in [-0.05, 0) is 72.6 Å². The fraction of sp³-hybridized carbons (Fsp3) is 0.217. The fourth-order valence-corrected chi connectivity index (χ4v) is 4.87. The summed E-state index contributed by atoms with van der Waals surface area (Å²) < 4.78 is 5.80. The van der Waals surface area contributed by atoms with Crippen molar-refractivity contribution in [3.05, 3.63) is 64.7 Å². The van der Waals surface area contributed by atoms with Crippen LogP contribution in [0.4, 0.5) is 0 Å². The van der Waals surface area contributed by atoms with Crippen LogP contribution in [0, 0.1) is 5.41 Å². The zero-order valence-electron chi connectivity index (χ0n) is 17.4. The highest BCUT2D eigenvalue weighted by Crippen LogP contribution is 2.30. The Labute approximate surface area is 200 Å². The first-order chi connectivity index (χ1) is 15.5. The number of benzene rings is 2. The van der Waals surface area contributed by atoms with Crippen molar-refractivity contribution in [3.8, 4) is 5.75 Å². The molecule has 0 radical (unpaired) electrons. The molecular weight excluding hydrogens is 464 g/mol. The van der Waals surface area contributed by atoms with Crippen molar-refractivity contribution in [2.24, 2.45) is 10.1 Å². The largest absolute Gasteiger partial charge is 0.493 e. The second kappa shape index (κ2) is 10.4. The molecule has 2 heterocycles. The van der Waals surface area contributed by atoms with Crippen LogP contribution in [0.3, 0.4) is 0 Å². The predicted molar refractivity (Wildman–Crippen MR) is 134 cm³/mol. The maximum absolute atomic E-state index is 12.5. The molecule has 4 rings (SSSR count). The van der Waals surface area contributed by atoms with Gasteiger partial charge in [0.15, 0.2) is 5.84 Å². The first-order valence-corrected chi connectivity index (χ1v) is 12.3. The Balaban J connectivity index is 1.35. The molecule has 0 atom stereocenters. The van der Waals surface area contributed by atoms with Gasteiger partial charge in [0.2, 0.25) is 5.17 Å². The Morgan fingerprint density at radius 2 is 1.94 bits per heavy atom. The van der Waals surface area contributed by atoms with Gasteiger partial charge < -0.3 is 4.74 Å². The Bertz CT molecular complexity index is 1110. The average molecular weight is 485 g/mol. The molecule has 2 aliphatic rings. The lowest BCUT2D eigenvalue weighted by Crippen LogP contribution is -2.35. The van der Waals surface area contributed by atoms with Crippen molar-refractivity contribution < 1.29 is 9.53 Å². The third-order valence-corrected chi connectivity index (χ3v) is 6.78. The van der Waals surface area contributed by atoms with Gasteiger partial charge in [-0.2, -0.15) is 15.1 Å². The second-order valence-electron chi connectivity index (χ2n) is 6.98. The third kappa shape index (κ3) is 5.43. The van der Waals surface area contributed by atoms with Crippen LogP contribution in [0.5, 0.6) is 5.75 Å². The van der Waals surface area contributed by atoms with Crippen LogP contribution < -0.4 is 4.74 Å². The van der Waals surface area contributed by atoms with Gasteiger partial charge in [-0.3, -0.25) is 10.2 Å². The molecule has 1 N–H and O–H groups in total. The molecule has 0 saturated carbocycles. The topological polar surface area (TPSA) is 78.1 Å². The highest BCUT2D eigenvalue weighted by atomic mass is 35.5. The summed E-state index contributed by atoms with van der Waals surface area (Å²) in [7, 11) is 0. The molecule has 2 aliphatic heterocycles. The van der Waals surface area contributed by atoms with E-state index in [0.29, 0.717) is 11.8 Å².